The fraction of sp³-hybridized carbons (Fsp3) is 0.818. The summed E-state index contributed by atoms with van der Waals surface area (Å²) in [6.07, 6.45) is 8.80. The Morgan fingerprint density at radius 1 is 1.08 bits per heavy atom. The molecule has 70 valence electrons. The van der Waals surface area contributed by atoms with Crippen molar-refractivity contribution in [3.8, 4) is 0 Å². The van der Waals surface area contributed by atoms with E-state index >= 15 is 0 Å². The van der Waals surface area contributed by atoms with Crippen molar-refractivity contribution >= 4 is 0 Å². The zero-order valence-corrected chi connectivity index (χ0v) is 8.10. The lowest BCUT2D eigenvalue weighted by molar-refractivity contribution is 0.295. The van der Waals surface area contributed by atoms with Gasteiger partial charge in [-0.3, -0.25) is 0 Å². The largest absolute Gasteiger partial charge is 0.396 e. The van der Waals surface area contributed by atoms with Crippen LogP contribution in [0.15, 0.2) is 11.1 Å². The van der Waals surface area contributed by atoms with Crippen LogP contribution in [0.1, 0.15) is 51.9 Å². The molecule has 0 saturated heterocycles. The lowest BCUT2D eigenvalue weighted by Gasteiger charge is -2.23. The maximum atomic E-state index is 8.76. The zero-order chi connectivity index (χ0) is 8.81. The quantitative estimate of drug-likeness (QED) is 0.477. The molecule has 0 amide bonds. The first kappa shape index (κ1) is 9.79. The van der Waals surface area contributed by atoms with Crippen molar-refractivity contribution in [3.63, 3.8) is 0 Å². The number of allylic oxidation sites excluding steroid dienone is 1. The summed E-state index contributed by atoms with van der Waals surface area (Å²) in [5.41, 5.74) is 3.20. The van der Waals surface area contributed by atoms with Crippen molar-refractivity contribution in [2.75, 3.05) is 6.61 Å². The zero-order valence-electron chi connectivity index (χ0n) is 8.10. The van der Waals surface area contributed by atoms with E-state index < -0.39 is 0 Å². The van der Waals surface area contributed by atoms with Crippen molar-refractivity contribution in [1.29, 1.82) is 0 Å². The molecule has 0 aliphatic heterocycles. The second kappa shape index (κ2) is 5.36. The fourth-order valence-corrected chi connectivity index (χ4v) is 1.81. The SMILES string of the molecule is CCCCCC1=C(CCO)CC1. The van der Waals surface area contributed by atoms with E-state index in [0.717, 1.165) is 6.42 Å². The standard InChI is InChI=1S/C11H20O/c1-2-3-4-5-10-6-7-11(10)8-9-12/h12H,2-9H2,1H3. The summed E-state index contributed by atoms with van der Waals surface area (Å²) in [5, 5.41) is 8.76. The van der Waals surface area contributed by atoms with Crippen molar-refractivity contribution in [2.45, 2.75) is 51.9 Å². The maximum Gasteiger partial charge on any atom is 0.0468 e. The molecule has 0 unspecified atom stereocenters. The van der Waals surface area contributed by atoms with Crippen LogP contribution in [0.4, 0.5) is 0 Å². The molecule has 0 aromatic carbocycles. The smallest absolute Gasteiger partial charge is 0.0468 e. The van der Waals surface area contributed by atoms with Crippen LogP contribution >= 0.6 is 0 Å². The third-order valence-corrected chi connectivity index (χ3v) is 2.72. The summed E-state index contributed by atoms with van der Waals surface area (Å²) in [7, 11) is 0. The second-order valence-electron chi connectivity index (χ2n) is 3.64. The van der Waals surface area contributed by atoms with E-state index in [-0.39, 0.29) is 0 Å². The molecule has 0 bridgehead atoms. The normalized spacial score (nSPS) is 16.5. The van der Waals surface area contributed by atoms with E-state index in [0.29, 0.717) is 6.61 Å². The Balaban J connectivity index is 2.18. The highest BCUT2D eigenvalue weighted by Crippen LogP contribution is 2.33. The van der Waals surface area contributed by atoms with Crippen LogP contribution in [-0.4, -0.2) is 11.7 Å². The van der Waals surface area contributed by atoms with Gasteiger partial charge in [0.05, 0.1) is 0 Å². The lowest BCUT2D eigenvalue weighted by Crippen LogP contribution is -2.05. The van der Waals surface area contributed by atoms with Gasteiger partial charge in [-0.1, -0.05) is 30.9 Å². The molecule has 1 rings (SSSR count). The molecule has 12 heavy (non-hydrogen) atoms. The fourth-order valence-electron chi connectivity index (χ4n) is 1.81. The molecular formula is C11H20O. The van der Waals surface area contributed by atoms with Gasteiger partial charge < -0.3 is 5.11 Å². The van der Waals surface area contributed by atoms with Crippen LogP contribution < -0.4 is 0 Å². The minimum atomic E-state index is 0.340. The Kier molecular flexibility index (Phi) is 4.37. The van der Waals surface area contributed by atoms with Gasteiger partial charge in [-0.15, -0.1) is 0 Å². The van der Waals surface area contributed by atoms with E-state index in [1.165, 1.54) is 38.5 Å². The van der Waals surface area contributed by atoms with Gasteiger partial charge in [-0.25, -0.2) is 0 Å². The van der Waals surface area contributed by atoms with Crippen molar-refractivity contribution in [3.05, 3.63) is 11.1 Å². The van der Waals surface area contributed by atoms with Crippen molar-refractivity contribution in [2.24, 2.45) is 0 Å². The van der Waals surface area contributed by atoms with Crippen LogP contribution in [0.5, 0.6) is 0 Å². The molecule has 0 fully saturated rings. The molecule has 0 spiro atoms. The monoisotopic (exact) mass is 168 g/mol. The summed E-state index contributed by atoms with van der Waals surface area (Å²) in [4.78, 5) is 0. The molecule has 0 radical (unpaired) electrons. The third-order valence-electron chi connectivity index (χ3n) is 2.72. The topological polar surface area (TPSA) is 20.2 Å². The molecule has 0 atom stereocenters. The van der Waals surface area contributed by atoms with Crippen LogP contribution in [0.25, 0.3) is 0 Å². The Hall–Kier alpha value is -0.300. The van der Waals surface area contributed by atoms with Crippen LogP contribution in [0, 0.1) is 0 Å². The third kappa shape index (κ3) is 2.63. The van der Waals surface area contributed by atoms with Crippen molar-refractivity contribution in [1.82, 2.24) is 0 Å². The van der Waals surface area contributed by atoms with Crippen LogP contribution in [0.3, 0.4) is 0 Å². The van der Waals surface area contributed by atoms with Gasteiger partial charge in [0, 0.05) is 6.61 Å². The molecule has 0 heterocycles. The number of aliphatic hydroxyl groups is 1. The minimum Gasteiger partial charge on any atom is -0.396 e. The number of unbranched alkanes of at least 4 members (excludes halogenated alkanes) is 2. The van der Waals surface area contributed by atoms with Crippen LogP contribution in [-0.2, 0) is 0 Å². The molecule has 0 aromatic heterocycles. The molecule has 0 aromatic rings. The highest BCUT2D eigenvalue weighted by atomic mass is 16.2. The summed E-state index contributed by atoms with van der Waals surface area (Å²) >= 11 is 0. The van der Waals surface area contributed by atoms with Gasteiger partial charge in [-0.05, 0) is 32.1 Å². The molecule has 1 aliphatic rings. The first-order valence-electron chi connectivity index (χ1n) is 5.19. The number of rotatable bonds is 6. The van der Waals surface area contributed by atoms with E-state index in [2.05, 4.69) is 6.92 Å². The molecule has 1 N–H and O–H groups in total. The molecule has 1 nitrogen and oxygen atoms in total. The second-order valence-corrected chi connectivity index (χ2v) is 3.64. The molecule has 0 saturated carbocycles. The Labute approximate surface area is 75.5 Å². The van der Waals surface area contributed by atoms with Gasteiger partial charge in [-0.2, -0.15) is 0 Å². The first-order valence-corrected chi connectivity index (χ1v) is 5.19. The predicted molar refractivity (Wildman–Crippen MR) is 52.1 cm³/mol. The van der Waals surface area contributed by atoms with Gasteiger partial charge in [0.25, 0.3) is 0 Å². The summed E-state index contributed by atoms with van der Waals surface area (Å²) < 4.78 is 0. The van der Waals surface area contributed by atoms with Gasteiger partial charge >= 0.3 is 0 Å². The average molecular weight is 168 g/mol. The lowest BCUT2D eigenvalue weighted by atomic mass is 9.83. The van der Waals surface area contributed by atoms with E-state index in [4.69, 9.17) is 5.11 Å². The van der Waals surface area contributed by atoms with Gasteiger partial charge in [0.2, 0.25) is 0 Å². The van der Waals surface area contributed by atoms with Gasteiger partial charge in [0.15, 0.2) is 0 Å². The Bertz CT molecular complexity index is 158. The molecule has 1 heteroatoms. The number of hydrogen-bond acceptors (Lipinski definition) is 1. The first-order chi connectivity index (χ1) is 5.88. The Morgan fingerprint density at radius 3 is 2.25 bits per heavy atom. The van der Waals surface area contributed by atoms with Crippen LogP contribution in [0.2, 0.25) is 0 Å². The predicted octanol–water partition coefficient (Wildman–Crippen LogP) is 3.04. The summed E-state index contributed by atoms with van der Waals surface area (Å²) in [6.45, 7) is 2.58. The van der Waals surface area contributed by atoms with E-state index in [9.17, 15) is 0 Å². The summed E-state index contributed by atoms with van der Waals surface area (Å²) in [5.74, 6) is 0. The highest BCUT2D eigenvalue weighted by molar-refractivity contribution is 5.24. The maximum absolute atomic E-state index is 8.76. The van der Waals surface area contributed by atoms with E-state index in [1.807, 2.05) is 0 Å². The molecule has 1 aliphatic carbocycles. The summed E-state index contributed by atoms with van der Waals surface area (Å²) in [6, 6.07) is 0. The van der Waals surface area contributed by atoms with Crippen molar-refractivity contribution < 1.29 is 5.11 Å². The number of aliphatic hydroxyl groups excluding tert-OH is 1. The highest BCUT2D eigenvalue weighted by Gasteiger charge is 2.15. The number of hydrogen-bond donors (Lipinski definition) is 1. The minimum absolute atomic E-state index is 0.340. The average Bonchev–Trinajstić information content (AvgIpc) is 2.06. The van der Waals surface area contributed by atoms with Gasteiger partial charge in [0.1, 0.15) is 0 Å². The van der Waals surface area contributed by atoms with E-state index in [1.54, 1.807) is 11.1 Å². The Morgan fingerprint density at radius 2 is 1.75 bits per heavy atom. The molecular weight excluding hydrogens is 148 g/mol.